The van der Waals surface area contributed by atoms with Crippen LogP contribution in [0.2, 0.25) is 0 Å². The second-order valence-corrected chi connectivity index (χ2v) is 5.02. The number of hydrogen-bond acceptors (Lipinski definition) is 7. The smallest absolute Gasteiger partial charge is 0.309 e. The first-order valence-electron chi connectivity index (χ1n) is 7.20. The van der Waals surface area contributed by atoms with Gasteiger partial charge in [-0.25, -0.2) is 0 Å². The molecule has 24 heavy (non-hydrogen) atoms. The number of amides is 1. The number of carbonyl (C=O) groups is 1. The maximum atomic E-state index is 12.1. The van der Waals surface area contributed by atoms with Gasteiger partial charge in [0.05, 0.1) is 0 Å². The summed E-state index contributed by atoms with van der Waals surface area (Å²) in [5.41, 5.74) is 1.58. The Kier molecular flexibility index (Phi) is 3.54. The van der Waals surface area contributed by atoms with Gasteiger partial charge >= 0.3 is 11.8 Å². The highest BCUT2D eigenvalue weighted by Gasteiger charge is 2.19. The number of hydrogen-bond donors (Lipinski definition) is 1. The molecule has 8 heteroatoms. The van der Waals surface area contributed by atoms with E-state index in [0.29, 0.717) is 23.6 Å². The lowest BCUT2D eigenvalue weighted by Crippen LogP contribution is -2.23. The van der Waals surface area contributed by atoms with Gasteiger partial charge in [-0.15, -0.1) is 10.2 Å². The van der Waals surface area contributed by atoms with Gasteiger partial charge in [-0.3, -0.25) is 9.78 Å². The SMILES string of the molecule is O=C(NCc1ccncc1)c1nnc(-c2ccc3c(c2)OCO3)o1. The Hall–Kier alpha value is -3.42. The first kappa shape index (κ1) is 14.2. The zero-order valence-corrected chi connectivity index (χ0v) is 12.4. The molecule has 4 rings (SSSR count). The Balaban J connectivity index is 1.47. The quantitative estimate of drug-likeness (QED) is 0.781. The average molecular weight is 324 g/mol. The molecule has 0 fully saturated rings. The van der Waals surface area contributed by atoms with Crippen LogP contribution < -0.4 is 14.8 Å². The minimum Gasteiger partial charge on any atom is -0.454 e. The maximum Gasteiger partial charge on any atom is 0.309 e. The maximum absolute atomic E-state index is 12.1. The van der Waals surface area contributed by atoms with Crippen LogP contribution >= 0.6 is 0 Å². The molecule has 1 aliphatic rings. The molecule has 0 radical (unpaired) electrons. The fraction of sp³-hybridized carbons (Fsp3) is 0.125. The second-order valence-electron chi connectivity index (χ2n) is 5.02. The molecule has 1 amide bonds. The van der Waals surface area contributed by atoms with E-state index in [1.165, 1.54) is 0 Å². The number of carbonyl (C=O) groups excluding carboxylic acids is 1. The highest BCUT2D eigenvalue weighted by atomic mass is 16.7. The summed E-state index contributed by atoms with van der Waals surface area (Å²) in [6, 6.07) is 8.87. The van der Waals surface area contributed by atoms with Crippen LogP contribution in [0.25, 0.3) is 11.5 Å². The third-order valence-electron chi connectivity index (χ3n) is 3.44. The summed E-state index contributed by atoms with van der Waals surface area (Å²) in [5, 5.41) is 10.4. The van der Waals surface area contributed by atoms with Crippen LogP contribution in [0.1, 0.15) is 16.2 Å². The van der Waals surface area contributed by atoms with Gasteiger partial charge in [0.1, 0.15) is 0 Å². The minimum absolute atomic E-state index is 0.100. The van der Waals surface area contributed by atoms with Gasteiger partial charge in [-0.05, 0) is 35.9 Å². The van der Waals surface area contributed by atoms with Gasteiger partial charge in [-0.1, -0.05) is 0 Å². The van der Waals surface area contributed by atoms with Crippen molar-refractivity contribution in [2.24, 2.45) is 0 Å². The average Bonchev–Trinajstić information content (AvgIpc) is 3.29. The van der Waals surface area contributed by atoms with E-state index < -0.39 is 5.91 Å². The largest absolute Gasteiger partial charge is 0.454 e. The van der Waals surface area contributed by atoms with Crippen LogP contribution in [-0.4, -0.2) is 27.9 Å². The van der Waals surface area contributed by atoms with Gasteiger partial charge in [0.15, 0.2) is 11.5 Å². The molecule has 3 heterocycles. The predicted octanol–water partition coefficient (Wildman–Crippen LogP) is 1.79. The van der Waals surface area contributed by atoms with E-state index in [1.54, 1.807) is 30.6 Å². The number of nitrogens with zero attached hydrogens (tertiary/aromatic N) is 3. The number of nitrogens with one attached hydrogen (secondary N) is 1. The first-order chi connectivity index (χ1) is 11.8. The molecular weight excluding hydrogens is 312 g/mol. The number of fused-ring (bicyclic) bond motifs is 1. The lowest BCUT2D eigenvalue weighted by Gasteiger charge is -2.01. The van der Waals surface area contributed by atoms with Crippen molar-refractivity contribution in [1.29, 1.82) is 0 Å². The summed E-state index contributed by atoms with van der Waals surface area (Å²) >= 11 is 0. The zero-order chi connectivity index (χ0) is 16.4. The fourth-order valence-corrected chi connectivity index (χ4v) is 2.22. The van der Waals surface area contributed by atoms with E-state index in [-0.39, 0.29) is 18.6 Å². The van der Waals surface area contributed by atoms with Gasteiger partial charge in [0, 0.05) is 24.5 Å². The van der Waals surface area contributed by atoms with E-state index in [4.69, 9.17) is 13.9 Å². The molecule has 0 saturated heterocycles. The lowest BCUT2D eigenvalue weighted by molar-refractivity contribution is 0.0917. The molecule has 1 aromatic carbocycles. The minimum atomic E-state index is -0.439. The Labute approximate surface area is 136 Å². The summed E-state index contributed by atoms with van der Waals surface area (Å²) in [4.78, 5) is 16.0. The van der Waals surface area contributed by atoms with Crippen molar-refractivity contribution in [2.75, 3.05) is 6.79 Å². The molecule has 1 N–H and O–H groups in total. The van der Waals surface area contributed by atoms with Crippen LogP contribution in [0.5, 0.6) is 11.5 Å². The monoisotopic (exact) mass is 324 g/mol. The molecule has 0 unspecified atom stereocenters. The predicted molar refractivity (Wildman–Crippen MR) is 81.3 cm³/mol. The standard InChI is InChI=1S/C16H12N4O4/c21-14(18-8-10-3-5-17-6-4-10)16-20-19-15(24-16)11-1-2-12-13(7-11)23-9-22-12/h1-7H,8-9H2,(H,18,21). The summed E-state index contributed by atoms with van der Waals surface area (Å²) in [6.45, 7) is 0.536. The molecule has 8 nitrogen and oxygen atoms in total. The normalized spacial score (nSPS) is 12.2. The van der Waals surface area contributed by atoms with Crippen molar-refractivity contribution in [2.45, 2.75) is 6.54 Å². The lowest BCUT2D eigenvalue weighted by atomic mass is 10.2. The van der Waals surface area contributed by atoms with Crippen molar-refractivity contribution in [3.8, 4) is 23.0 Å². The number of aromatic nitrogens is 3. The van der Waals surface area contributed by atoms with Crippen LogP contribution in [0.4, 0.5) is 0 Å². The Morgan fingerprint density at radius 1 is 1.08 bits per heavy atom. The molecule has 2 aromatic heterocycles. The highest BCUT2D eigenvalue weighted by Crippen LogP contribution is 2.35. The van der Waals surface area contributed by atoms with Gasteiger partial charge in [-0.2, -0.15) is 0 Å². The molecule has 0 bridgehead atoms. The zero-order valence-electron chi connectivity index (χ0n) is 12.4. The van der Waals surface area contributed by atoms with E-state index in [1.807, 2.05) is 12.1 Å². The fourth-order valence-electron chi connectivity index (χ4n) is 2.22. The Morgan fingerprint density at radius 3 is 2.79 bits per heavy atom. The molecule has 3 aromatic rings. The van der Waals surface area contributed by atoms with Crippen molar-refractivity contribution >= 4 is 5.91 Å². The second kappa shape index (κ2) is 5.99. The number of rotatable bonds is 4. The third kappa shape index (κ3) is 2.76. The van der Waals surface area contributed by atoms with Gasteiger partial charge in [0.2, 0.25) is 12.7 Å². The Morgan fingerprint density at radius 2 is 1.92 bits per heavy atom. The summed E-state index contributed by atoms with van der Waals surface area (Å²) in [5.74, 6) is 0.966. The summed E-state index contributed by atoms with van der Waals surface area (Å²) in [7, 11) is 0. The molecule has 0 spiro atoms. The van der Waals surface area contributed by atoms with Crippen molar-refractivity contribution < 1.29 is 18.7 Å². The molecule has 0 saturated carbocycles. The first-order valence-corrected chi connectivity index (χ1v) is 7.20. The topological polar surface area (TPSA) is 99.4 Å². The summed E-state index contributed by atoms with van der Waals surface area (Å²) in [6.07, 6.45) is 3.32. The molecule has 1 aliphatic heterocycles. The Bertz CT molecular complexity index is 879. The van der Waals surface area contributed by atoms with Crippen LogP contribution in [0, 0.1) is 0 Å². The van der Waals surface area contributed by atoms with Gasteiger partial charge < -0.3 is 19.2 Å². The number of pyridine rings is 1. The number of ether oxygens (including phenoxy) is 2. The van der Waals surface area contributed by atoms with Crippen LogP contribution in [-0.2, 0) is 6.54 Å². The third-order valence-corrected chi connectivity index (χ3v) is 3.44. The van der Waals surface area contributed by atoms with Crippen molar-refractivity contribution in [3.05, 3.63) is 54.2 Å². The van der Waals surface area contributed by atoms with Crippen molar-refractivity contribution in [3.63, 3.8) is 0 Å². The van der Waals surface area contributed by atoms with E-state index in [2.05, 4.69) is 20.5 Å². The molecule has 120 valence electrons. The summed E-state index contributed by atoms with van der Waals surface area (Å²) < 4.78 is 16.0. The van der Waals surface area contributed by atoms with Crippen molar-refractivity contribution in [1.82, 2.24) is 20.5 Å². The van der Waals surface area contributed by atoms with E-state index >= 15 is 0 Å². The number of benzene rings is 1. The molecule has 0 atom stereocenters. The van der Waals surface area contributed by atoms with E-state index in [9.17, 15) is 4.79 Å². The molecule has 0 aliphatic carbocycles. The van der Waals surface area contributed by atoms with Crippen LogP contribution in [0.15, 0.2) is 47.1 Å². The molecular formula is C16H12N4O4. The highest BCUT2D eigenvalue weighted by molar-refractivity contribution is 5.89. The van der Waals surface area contributed by atoms with Crippen LogP contribution in [0.3, 0.4) is 0 Å². The van der Waals surface area contributed by atoms with Gasteiger partial charge in [0.25, 0.3) is 0 Å². The van der Waals surface area contributed by atoms with E-state index in [0.717, 1.165) is 5.56 Å².